The van der Waals surface area contributed by atoms with Crippen molar-refractivity contribution in [2.24, 2.45) is 0 Å². The first-order valence-electron chi connectivity index (χ1n) is 7.85. The topological polar surface area (TPSA) is 55.6 Å². The summed E-state index contributed by atoms with van der Waals surface area (Å²) in [6.07, 6.45) is 0. The van der Waals surface area contributed by atoms with Crippen LogP contribution in [0.15, 0.2) is 41.8 Å². The molecule has 25 heavy (non-hydrogen) atoms. The molecule has 0 spiro atoms. The Balaban J connectivity index is 1.82. The van der Waals surface area contributed by atoms with Crippen LogP contribution in [0.4, 0.5) is 10.9 Å². The molecule has 0 bridgehead atoms. The van der Waals surface area contributed by atoms with Gasteiger partial charge in [-0.1, -0.05) is 18.2 Å². The zero-order valence-electron chi connectivity index (χ0n) is 13.8. The standard InChI is InChI=1S/C18H16ClN5S/c1-11-8-15(22-18-20-13(9-19)10-25-18)21-17-16(11)12(2)23-24(17)14-6-4-3-5-7-14/h3-8,10H,9H2,1-2H3,(H,20,21,22). The molecule has 0 aliphatic carbocycles. The Morgan fingerprint density at radius 2 is 1.96 bits per heavy atom. The fourth-order valence-corrected chi connectivity index (χ4v) is 3.80. The van der Waals surface area contributed by atoms with Gasteiger partial charge in [-0.15, -0.1) is 22.9 Å². The minimum Gasteiger partial charge on any atom is -0.316 e. The third-order valence-electron chi connectivity index (χ3n) is 3.93. The average Bonchev–Trinajstić information content (AvgIpc) is 3.20. The number of halogens is 1. The Hall–Kier alpha value is -2.44. The van der Waals surface area contributed by atoms with Crippen LogP contribution in [0.2, 0.25) is 0 Å². The second-order valence-corrected chi connectivity index (χ2v) is 6.88. The highest BCUT2D eigenvalue weighted by molar-refractivity contribution is 7.13. The van der Waals surface area contributed by atoms with E-state index in [0.717, 1.165) is 44.6 Å². The number of hydrogen-bond acceptors (Lipinski definition) is 5. The van der Waals surface area contributed by atoms with Crippen molar-refractivity contribution in [1.29, 1.82) is 0 Å². The van der Waals surface area contributed by atoms with Crippen LogP contribution < -0.4 is 5.32 Å². The summed E-state index contributed by atoms with van der Waals surface area (Å²) in [4.78, 5) is 9.22. The molecule has 0 amide bonds. The summed E-state index contributed by atoms with van der Waals surface area (Å²) in [5, 5.41) is 11.8. The molecule has 0 fully saturated rings. The van der Waals surface area contributed by atoms with Gasteiger partial charge in [0.15, 0.2) is 10.8 Å². The number of fused-ring (bicyclic) bond motifs is 1. The summed E-state index contributed by atoms with van der Waals surface area (Å²) < 4.78 is 1.88. The number of aromatic nitrogens is 4. The van der Waals surface area contributed by atoms with Crippen molar-refractivity contribution in [3.63, 3.8) is 0 Å². The number of alkyl halides is 1. The Kier molecular flexibility index (Phi) is 4.15. The molecule has 1 aromatic carbocycles. The molecule has 0 atom stereocenters. The molecule has 1 N–H and O–H groups in total. The number of anilines is 2. The van der Waals surface area contributed by atoms with Crippen LogP contribution in [-0.4, -0.2) is 19.7 Å². The average molecular weight is 370 g/mol. The lowest BCUT2D eigenvalue weighted by molar-refractivity contribution is 0.878. The van der Waals surface area contributed by atoms with Gasteiger partial charge in [-0.05, 0) is 37.6 Å². The number of nitrogens with one attached hydrogen (secondary N) is 1. The number of para-hydroxylation sites is 1. The Morgan fingerprint density at radius 1 is 1.16 bits per heavy atom. The summed E-state index contributed by atoms with van der Waals surface area (Å²) in [6, 6.07) is 12.1. The molecule has 0 saturated carbocycles. The lowest BCUT2D eigenvalue weighted by Crippen LogP contribution is -2.00. The lowest BCUT2D eigenvalue weighted by atomic mass is 10.1. The van der Waals surface area contributed by atoms with Crippen molar-refractivity contribution < 1.29 is 0 Å². The molecule has 4 aromatic rings. The molecule has 7 heteroatoms. The van der Waals surface area contributed by atoms with E-state index in [2.05, 4.69) is 22.3 Å². The first kappa shape index (κ1) is 16.1. The van der Waals surface area contributed by atoms with Crippen molar-refractivity contribution >= 4 is 44.9 Å². The van der Waals surface area contributed by atoms with Crippen LogP contribution in [-0.2, 0) is 5.88 Å². The van der Waals surface area contributed by atoms with Gasteiger partial charge in [0.05, 0.1) is 23.0 Å². The third-order valence-corrected chi connectivity index (χ3v) is 5.01. The number of rotatable bonds is 4. The predicted octanol–water partition coefficient (Wildman–Crippen LogP) is 4.98. The number of benzene rings is 1. The Labute approximate surface area is 154 Å². The monoisotopic (exact) mass is 369 g/mol. The zero-order valence-corrected chi connectivity index (χ0v) is 15.4. The minimum atomic E-state index is 0.406. The van der Waals surface area contributed by atoms with Crippen LogP contribution >= 0.6 is 22.9 Å². The second-order valence-electron chi connectivity index (χ2n) is 5.76. The van der Waals surface area contributed by atoms with Crippen molar-refractivity contribution in [3.8, 4) is 5.69 Å². The van der Waals surface area contributed by atoms with E-state index >= 15 is 0 Å². The first-order valence-corrected chi connectivity index (χ1v) is 9.27. The molecular weight excluding hydrogens is 354 g/mol. The summed E-state index contributed by atoms with van der Waals surface area (Å²) in [5.74, 6) is 1.15. The van der Waals surface area contributed by atoms with Gasteiger partial charge in [-0.2, -0.15) is 5.10 Å². The Bertz CT molecular complexity index is 1040. The quantitative estimate of drug-likeness (QED) is 0.515. The van der Waals surface area contributed by atoms with E-state index in [9.17, 15) is 0 Å². The van der Waals surface area contributed by atoms with Gasteiger partial charge in [0.25, 0.3) is 0 Å². The zero-order chi connectivity index (χ0) is 17.4. The lowest BCUT2D eigenvalue weighted by Gasteiger charge is -2.07. The summed E-state index contributed by atoms with van der Waals surface area (Å²) in [5.41, 5.74) is 4.77. The van der Waals surface area contributed by atoms with Gasteiger partial charge >= 0.3 is 0 Å². The molecule has 0 aliphatic rings. The largest absolute Gasteiger partial charge is 0.316 e. The molecule has 5 nitrogen and oxygen atoms in total. The highest BCUT2D eigenvalue weighted by Crippen LogP contribution is 2.28. The van der Waals surface area contributed by atoms with Gasteiger partial charge in [0.2, 0.25) is 0 Å². The molecule has 3 heterocycles. The minimum absolute atomic E-state index is 0.406. The first-order chi connectivity index (χ1) is 12.2. The SMILES string of the molecule is Cc1cc(Nc2nc(CCl)cs2)nc2c1c(C)nn2-c1ccccc1. The van der Waals surface area contributed by atoms with Crippen LogP contribution in [0.25, 0.3) is 16.7 Å². The van der Waals surface area contributed by atoms with Gasteiger partial charge in [0, 0.05) is 10.8 Å². The van der Waals surface area contributed by atoms with E-state index in [-0.39, 0.29) is 0 Å². The van der Waals surface area contributed by atoms with Crippen molar-refractivity contribution in [2.45, 2.75) is 19.7 Å². The van der Waals surface area contributed by atoms with Crippen LogP contribution in [0, 0.1) is 13.8 Å². The Morgan fingerprint density at radius 3 is 2.68 bits per heavy atom. The van der Waals surface area contributed by atoms with Gasteiger partial charge in [-0.3, -0.25) is 0 Å². The molecule has 0 aliphatic heterocycles. The molecule has 3 aromatic heterocycles. The molecule has 0 radical (unpaired) electrons. The third kappa shape index (κ3) is 2.99. The van der Waals surface area contributed by atoms with Gasteiger partial charge in [0.1, 0.15) is 5.82 Å². The van der Waals surface area contributed by atoms with Crippen LogP contribution in [0.5, 0.6) is 0 Å². The maximum absolute atomic E-state index is 5.83. The maximum Gasteiger partial charge on any atom is 0.188 e. The van der Waals surface area contributed by atoms with E-state index in [1.165, 1.54) is 11.3 Å². The smallest absolute Gasteiger partial charge is 0.188 e. The van der Waals surface area contributed by atoms with Crippen molar-refractivity contribution in [1.82, 2.24) is 19.7 Å². The van der Waals surface area contributed by atoms with Crippen LogP contribution in [0.3, 0.4) is 0 Å². The maximum atomic E-state index is 5.83. The molecule has 0 saturated heterocycles. The molecule has 0 unspecified atom stereocenters. The number of hydrogen-bond donors (Lipinski definition) is 1. The van der Waals surface area contributed by atoms with Crippen molar-refractivity contribution in [2.75, 3.05) is 5.32 Å². The highest BCUT2D eigenvalue weighted by atomic mass is 35.5. The molecule has 4 rings (SSSR count). The van der Waals surface area contributed by atoms with E-state index in [1.807, 2.05) is 53.4 Å². The van der Waals surface area contributed by atoms with Crippen LogP contribution in [0.1, 0.15) is 17.0 Å². The number of pyridine rings is 1. The number of nitrogens with zero attached hydrogens (tertiary/aromatic N) is 4. The van der Waals surface area contributed by atoms with E-state index < -0.39 is 0 Å². The number of thiazole rings is 1. The highest BCUT2D eigenvalue weighted by Gasteiger charge is 2.14. The van der Waals surface area contributed by atoms with E-state index in [0.29, 0.717) is 5.88 Å². The van der Waals surface area contributed by atoms with Crippen molar-refractivity contribution in [3.05, 3.63) is 58.7 Å². The summed E-state index contributed by atoms with van der Waals surface area (Å²) in [7, 11) is 0. The van der Waals surface area contributed by atoms with Gasteiger partial charge < -0.3 is 5.32 Å². The molecule has 126 valence electrons. The van der Waals surface area contributed by atoms with Gasteiger partial charge in [-0.25, -0.2) is 14.6 Å². The summed E-state index contributed by atoms with van der Waals surface area (Å²) in [6.45, 7) is 4.09. The normalized spacial score (nSPS) is 11.2. The fourth-order valence-electron chi connectivity index (χ4n) is 2.85. The fraction of sp³-hybridized carbons (Fsp3) is 0.167. The van der Waals surface area contributed by atoms with E-state index in [4.69, 9.17) is 16.6 Å². The predicted molar refractivity (Wildman–Crippen MR) is 103 cm³/mol. The van der Waals surface area contributed by atoms with E-state index in [1.54, 1.807) is 0 Å². The summed E-state index contributed by atoms with van der Waals surface area (Å²) >= 11 is 7.34. The second kappa shape index (κ2) is 6.46. The molecular formula is C18H16ClN5S. The number of aryl methyl sites for hydroxylation is 2.